The van der Waals surface area contributed by atoms with Crippen molar-refractivity contribution in [3.8, 4) is 56.4 Å². The second-order valence-electron chi connectivity index (χ2n) is 14.2. The maximum atomic E-state index is 5.06. The Morgan fingerprint density at radius 2 is 0.979 bits per heavy atom. The fourth-order valence-electron chi connectivity index (χ4n) is 7.09. The highest BCUT2D eigenvalue weighted by molar-refractivity contribution is 5.93. The number of rotatable bonds is 5. The van der Waals surface area contributed by atoms with Crippen LogP contribution in [-0.2, 0) is 10.8 Å². The van der Waals surface area contributed by atoms with Crippen molar-refractivity contribution in [1.82, 2.24) is 19.9 Å². The number of benzene rings is 5. The van der Waals surface area contributed by atoms with Crippen LogP contribution in [0.3, 0.4) is 0 Å². The summed E-state index contributed by atoms with van der Waals surface area (Å²) >= 11 is 0. The van der Waals surface area contributed by atoms with Gasteiger partial charge < -0.3 is 0 Å². The van der Waals surface area contributed by atoms with Crippen LogP contribution in [0.15, 0.2) is 134 Å². The van der Waals surface area contributed by atoms with Gasteiger partial charge in [-0.3, -0.25) is 4.98 Å². The van der Waals surface area contributed by atoms with E-state index in [-0.39, 0.29) is 10.8 Å². The van der Waals surface area contributed by atoms with Crippen molar-refractivity contribution in [3.05, 3.63) is 145 Å². The summed E-state index contributed by atoms with van der Waals surface area (Å²) in [7, 11) is 0. The summed E-state index contributed by atoms with van der Waals surface area (Å²) in [5.41, 5.74) is 11.7. The van der Waals surface area contributed by atoms with E-state index in [0.29, 0.717) is 17.5 Å². The zero-order valence-corrected chi connectivity index (χ0v) is 27.9. The zero-order valence-electron chi connectivity index (χ0n) is 27.9. The first-order valence-corrected chi connectivity index (χ1v) is 16.8. The Labute approximate surface area is 282 Å². The Morgan fingerprint density at radius 3 is 1.73 bits per heavy atom. The quantitative estimate of drug-likeness (QED) is 0.192. The summed E-state index contributed by atoms with van der Waals surface area (Å²) in [5, 5.41) is 1.12. The first-order chi connectivity index (χ1) is 23.2. The van der Waals surface area contributed by atoms with Crippen LogP contribution in [0.1, 0.15) is 51.7 Å². The smallest absolute Gasteiger partial charge is 0.164 e. The monoisotopic (exact) mass is 622 g/mol. The number of hydrogen-bond donors (Lipinski definition) is 0. The molecule has 0 bridgehead atoms. The number of nitrogens with zero attached hydrogens (tertiary/aromatic N) is 4. The van der Waals surface area contributed by atoms with E-state index < -0.39 is 0 Å². The number of aromatic nitrogens is 4. The van der Waals surface area contributed by atoms with Gasteiger partial charge in [0.25, 0.3) is 0 Å². The van der Waals surface area contributed by atoms with E-state index in [4.69, 9.17) is 15.0 Å². The molecule has 2 heterocycles. The third-order valence-electron chi connectivity index (χ3n) is 10.1. The molecule has 0 radical (unpaired) electrons. The van der Waals surface area contributed by atoms with Gasteiger partial charge in [0.2, 0.25) is 0 Å². The lowest BCUT2D eigenvalue weighted by atomic mass is 9.63. The molecule has 4 nitrogen and oxygen atoms in total. The third-order valence-corrected chi connectivity index (χ3v) is 10.1. The van der Waals surface area contributed by atoms with Gasteiger partial charge in [-0.25, -0.2) is 15.0 Å². The summed E-state index contributed by atoms with van der Waals surface area (Å²) in [6.07, 6.45) is 4.24. The molecule has 0 fully saturated rings. The van der Waals surface area contributed by atoms with Gasteiger partial charge in [-0.05, 0) is 63.6 Å². The fraction of sp³-hybridized carbons (Fsp3) is 0.182. The van der Waals surface area contributed by atoms with Crippen molar-refractivity contribution in [3.63, 3.8) is 0 Å². The van der Waals surface area contributed by atoms with E-state index in [2.05, 4.69) is 124 Å². The average molecular weight is 623 g/mol. The molecular formula is C44H38N4. The van der Waals surface area contributed by atoms with E-state index in [9.17, 15) is 0 Å². The molecule has 1 aliphatic carbocycles. The van der Waals surface area contributed by atoms with Crippen molar-refractivity contribution in [2.45, 2.75) is 51.4 Å². The molecule has 234 valence electrons. The Kier molecular flexibility index (Phi) is 7.25. The molecule has 4 heteroatoms. The number of pyridine rings is 1. The summed E-state index contributed by atoms with van der Waals surface area (Å²) in [6, 6.07) is 44.6. The minimum absolute atomic E-state index is 0.145. The fourth-order valence-corrected chi connectivity index (χ4v) is 7.09. The molecule has 1 aliphatic rings. The second kappa shape index (κ2) is 11.6. The molecule has 0 atom stereocenters. The van der Waals surface area contributed by atoms with E-state index in [1.807, 2.05) is 42.6 Å². The number of para-hydroxylation sites is 1. The largest absolute Gasteiger partial charge is 0.256 e. The van der Waals surface area contributed by atoms with E-state index in [0.717, 1.165) is 44.3 Å². The summed E-state index contributed by atoms with van der Waals surface area (Å²) in [4.78, 5) is 19.7. The Balaban J connectivity index is 1.20. The molecule has 8 rings (SSSR count). The summed E-state index contributed by atoms with van der Waals surface area (Å²) in [6.45, 7) is 9.51. The number of fused-ring (bicyclic) bond motifs is 2. The minimum Gasteiger partial charge on any atom is -0.256 e. The highest BCUT2D eigenvalue weighted by atomic mass is 15.0. The van der Waals surface area contributed by atoms with Gasteiger partial charge in [-0.2, -0.15) is 0 Å². The first-order valence-electron chi connectivity index (χ1n) is 16.8. The zero-order chi connectivity index (χ0) is 32.9. The molecule has 0 unspecified atom stereocenters. The molecule has 0 saturated heterocycles. The van der Waals surface area contributed by atoms with Crippen LogP contribution in [0.4, 0.5) is 0 Å². The van der Waals surface area contributed by atoms with Crippen LogP contribution < -0.4 is 0 Å². The lowest BCUT2D eigenvalue weighted by Crippen LogP contribution is -2.33. The molecule has 7 aromatic rings. The molecule has 0 N–H and O–H groups in total. The highest BCUT2D eigenvalue weighted by Crippen LogP contribution is 2.47. The SMILES string of the molecule is CC1(C)CCC(C)(C)c2cc(-c3cccc(-c4nc(-c5ccccc5)nc(-c5ccc(-c6cccc7cccnc67)cc5)n4)c3)ccc21. The molecule has 2 aromatic heterocycles. The van der Waals surface area contributed by atoms with Crippen molar-refractivity contribution in [2.75, 3.05) is 0 Å². The van der Waals surface area contributed by atoms with Gasteiger partial charge in [0.1, 0.15) is 0 Å². The van der Waals surface area contributed by atoms with Gasteiger partial charge in [0.05, 0.1) is 5.52 Å². The topological polar surface area (TPSA) is 51.6 Å². The van der Waals surface area contributed by atoms with Crippen molar-refractivity contribution < 1.29 is 0 Å². The maximum absolute atomic E-state index is 5.06. The average Bonchev–Trinajstić information content (AvgIpc) is 3.13. The van der Waals surface area contributed by atoms with Gasteiger partial charge >= 0.3 is 0 Å². The van der Waals surface area contributed by atoms with E-state index in [1.165, 1.54) is 29.5 Å². The molecule has 0 aliphatic heterocycles. The maximum Gasteiger partial charge on any atom is 0.164 e. The van der Waals surface area contributed by atoms with Gasteiger partial charge in [-0.15, -0.1) is 0 Å². The highest BCUT2D eigenvalue weighted by Gasteiger charge is 2.37. The molecule has 48 heavy (non-hydrogen) atoms. The normalized spacial score (nSPS) is 14.8. The predicted molar refractivity (Wildman–Crippen MR) is 198 cm³/mol. The van der Waals surface area contributed by atoms with Crippen LogP contribution in [0.5, 0.6) is 0 Å². The Hall–Kier alpha value is -5.48. The third kappa shape index (κ3) is 5.47. The molecular weight excluding hydrogens is 585 g/mol. The van der Waals surface area contributed by atoms with Crippen LogP contribution in [0.25, 0.3) is 67.3 Å². The van der Waals surface area contributed by atoms with Crippen molar-refractivity contribution in [2.24, 2.45) is 0 Å². The molecule has 0 spiro atoms. The van der Waals surface area contributed by atoms with Gasteiger partial charge in [0, 0.05) is 33.8 Å². The first kappa shape index (κ1) is 29.9. The Bertz CT molecular complexity index is 2280. The molecule has 0 saturated carbocycles. The lowest BCUT2D eigenvalue weighted by Gasteiger charge is -2.42. The minimum atomic E-state index is 0.145. The van der Waals surface area contributed by atoms with Crippen molar-refractivity contribution >= 4 is 10.9 Å². The van der Waals surface area contributed by atoms with E-state index >= 15 is 0 Å². The predicted octanol–water partition coefficient (Wildman–Crippen LogP) is 11.1. The standard InChI is InChI=1S/C44H38N4/c1-43(2)24-25-44(3,4)38-28-34(22-23-37(38)43)33-14-8-15-35(27-33)42-47-40(31-11-6-5-7-12-31)46-41(48-42)32-20-18-29(19-21-32)36-17-9-13-30-16-10-26-45-39(30)36/h5-23,26-28H,24-25H2,1-4H3. The number of hydrogen-bond acceptors (Lipinski definition) is 4. The summed E-state index contributed by atoms with van der Waals surface area (Å²) in [5.74, 6) is 1.95. The Morgan fingerprint density at radius 1 is 0.438 bits per heavy atom. The lowest BCUT2D eigenvalue weighted by molar-refractivity contribution is 0.332. The molecule has 0 amide bonds. The van der Waals surface area contributed by atoms with Crippen molar-refractivity contribution in [1.29, 1.82) is 0 Å². The second-order valence-corrected chi connectivity index (χ2v) is 14.2. The molecule has 5 aromatic carbocycles. The summed E-state index contributed by atoms with van der Waals surface area (Å²) < 4.78 is 0. The van der Waals surface area contributed by atoms with Crippen LogP contribution in [0, 0.1) is 0 Å². The van der Waals surface area contributed by atoms with Crippen LogP contribution >= 0.6 is 0 Å². The van der Waals surface area contributed by atoms with Crippen LogP contribution in [-0.4, -0.2) is 19.9 Å². The van der Waals surface area contributed by atoms with Gasteiger partial charge in [0.15, 0.2) is 17.5 Å². The van der Waals surface area contributed by atoms with Gasteiger partial charge in [-0.1, -0.05) is 143 Å². The van der Waals surface area contributed by atoms with Crippen LogP contribution in [0.2, 0.25) is 0 Å². The van der Waals surface area contributed by atoms with E-state index in [1.54, 1.807) is 0 Å².